The number of nitrogens with two attached hydrogens (primary N) is 1. The fourth-order valence-corrected chi connectivity index (χ4v) is 2.76. The quantitative estimate of drug-likeness (QED) is 0.896. The van der Waals surface area contributed by atoms with Gasteiger partial charge in [-0.05, 0) is 57.6 Å². The maximum Gasteiger partial charge on any atom is 0.126 e. The van der Waals surface area contributed by atoms with Gasteiger partial charge in [-0.25, -0.2) is 4.39 Å². The molecule has 1 aromatic carbocycles. The molecule has 0 aliphatic carbocycles. The molecule has 1 saturated heterocycles. The minimum Gasteiger partial charge on any atom is -0.324 e. The molecule has 0 bridgehead atoms. The van der Waals surface area contributed by atoms with Crippen LogP contribution >= 0.6 is 0 Å². The van der Waals surface area contributed by atoms with Crippen molar-refractivity contribution in [2.45, 2.75) is 31.8 Å². The molecule has 1 aliphatic heterocycles. The lowest BCUT2D eigenvalue weighted by atomic mass is 10.0. The Bertz CT molecular complexity index is 447. The first kappa shape index (κ1) is 15.4. The third-order valence-corrected chi connectivity index (χ3v) is 4.36. The molecule has 2 rings (SSSR count). The Balaban J connectivity index is 1.83. The van der Waals surface area contributed by atoms with Crippen molar-refractivity contribution in [2.75, 3.05) is 33.7 Å². The average molecular weight is 279 g/mol. The predicted molar refractivity (Wildman–Crippen MR) is 81.2 cm³/mol. The molecule has 2 unspecified atom stereocenters. The normalized spacial score (nSPS) is 21.6. The zero-order valence-electron chi connectivity index (χ0n) is 12.8. The van der Waals surface area contributed by atoms with Crippen LogP contribution < -0.4 is 5.73 Å². The highest BCUT2D eigenvalue weighted by atomic mass is 19.1. The second kappa shape index (κ2) is 6.66. The van der Waals surface area contributed by atoms with Gasteiger partial charge in [-0.3, -0.25) is 0 Å². The highest BCUT2D eigenvalue weighted by Gasteiger charge is 2.23. The van der Waals surface area contributed by atoms with Crippen LogP contribution in [-0.4, -0.2) is 49.6 Å². The molecule has 0 spiro atoms. The van der Waals surface area contributed by atoms with Crippen molar-refractivity contribution in [1.82, 2.24) is 9.80 Å². The fourth-order valence-electron chi connectivity index (χ4n) is 2.76. The molecule has 1 fully saturated rings. The molecule has 3 nitrogen and oxygen atoms in total. The maximum atomic E-state index is 13.5. The molecule has 0 saturated carbocycles. The van der Waals surface area contributed by atoms with Gasteiger partial charge in [-0.1, -0.05) is 12.1 Å². The van der Waals surface area contributed by atoms with E-state index in [1.54, 1.807) is 13.0 Å². The third kappa shape index (κ3) is 3.78. The van der Waals surface area contributed by atoms with E-state index >= 15 is 0 Å². The van der Waals surface area contributed by atoms with Crippen molar-refractivity contribution >= 4 is 0 Å². The first-order valence-corrected chi connectivity index (χ1v) is 7.38. The minimum atomic E-state index is -0.160. The highest BCUT2D eigenvalue weighted by Crippen LogP contribution is 2.20. The number of hydrogen-bond donors (Lipinski definition) is 1. The van der Waals surface area contributed by atoms with E-state index in [0.717, 1.165) is 31.6 Å². The van der Waals surface area contributed by atoms with Crippen molar-refractivity contribution in [2.24, 2.45) is 5.73 Å². The van der Waals surface area contributed by atoms with Crippen LogP contribution in [0.2, 0.25) is 0 Å². The van der Waals surface area contributed by atoms with Gasteiger partial charge in [-0.2, -0.15) is 0 Å². The third-order valence-electron chi connectivity index (χ3n) is 4.36. The summed E-state index contributed by atoms with van der Waals surface area (Å²) in [5, 5.41) is 0. The molecule has 1 heterocycles. The second-order valence-electron chi connectivity index (χ2n) is 6.11. The number of halogens is 1. The van der Waals surface area contributed by atoms with Crippen LogP contribution in [0, 0.1) is 12.7 Å². The van der Waals surface area contributed by atoms with Gasteiger partial charge in [0.15, 0.2) is 0 Å². The number of aryl methyl sites for hydroxylation is 1. The Morgan fingerprint density at radius 1 is 1.45 bits per heavy atom. The van der Waals surface area contributed by atoms with E-state index in [9.17, 15) is 4.39 Å². The maximum absolute atomic E-state index is 13.5. The van der Waals surface area contributed by atoms with E-state index in [4.69, 9.17) is 5.73 Å². The number of hydrogen-bond acceptors (Lipinski definition) is 3. The summed E-state index contributed by atoms with van der Waals surface area (Å²) in [7, 11) is 4.27. The number of benzene rings is 1. The van der Waals surface area contributed by atoms with Crippen LogP contribution in [0.4, 0.5) is 4.39 Å². The first-order chi connectivity index (χ1) is 9.47. The molecule has 20 heavy (non-hydrogen) atoms. The van der Waals surface area contributed by atoms with Gasteiger partial charge in [0.1, 0.15) is 5.82 Å². The summed E-state index contributed by atoms with van der Waals surface area (Å²) < 4.78 is 13.5. The molecule has 2 N–H and O–H groups in total. The lowest BCUT2D eigenvalue weighted by molar-refractivity contribution is 0.263. The summed E-state index contributed by atoms with van der Waals surface area (Å²) in [6, 6.07) is 5.90. The van der Waals surface area contributed by atoms with Gasteiger partial charge in [0.05, 0.1) is 0 Å². The van der Waals surface area contributed by atoms with Crippen molar-refractivity contribution < 1.29 is 4.39 Å². The molecule has 1 aliphatic rings. The van der Waals surface area contributed by atoms with E-state index in [1.165, 1.54) is 6.42 Å². The van der Waals surface area contributed by atoms with Crippen LogP contribution in [-0.2, 0) is 0 Å². The summed E-state index contributed by atoms with van der Waals surface area (Å²) in [6.07, 6.45) is 2.10. The van der Waals surface area contributed by atoms with Crippen LogP contribution in [0.5, 0.6) is 0 Å². The van der Waals surface area contributed by atoms with Gasteiger partial charge in [-0.15, -0.1) is 0 Å². The number of likely N-dealkylation sites (tertiary alicyclic amines) is 1. The Hall–Kier alpha value is -0.970. The summed E-state index contributed by atoms with van der Waals surface area (Å²) in [6.45, 7) is 5.01. The monoisotopic (exact) mass is 279 g/mol. The first-order valence-electron chi connectivity index (χ1n) is 7.38. The van der Waals surface area contributed by atoms with Crippen LogP contribution in [0.1, 0.15) is 30.0 Å². The van der Waals surface area contributed by atoms with Crippen LogP contribution in [0.3, 0.4) is 0 Å². The standard InChI is InChI=1S/C16H26FN3/c1-12-4-5-13(10-15(12)17)16(18)7-9-20-8-6-14(11-20)19(2)3/h4-5,10,14,16H,6-9,11,18H2,1-3H3. The van der Waals surface area contributed by atoms with Gasteiger partial charge in [0, 0.05) is 25.2 Å². The van der Waals surface area contributed by atoms with Gasteiger partial charge in [0.25, 0.3) is 0 Å². The largest absolute Gasteiger partial charge is 0.324 e. The molecule has 0 amide bonds. The summed E-state index contributed by atoms with van der Waals surface area (Å²) in [5.74, 6) is -0.160. The molecular formula is C16H26FN3. The van der Waals surface area contributed by atoms with E-state index < -0.39 is 0 Å². The minimum absolute atomic E-state index is 0.0801. The Kier molecular flexibility index (Phi) is 5.13. The molecular weight excluding hydrogens is 253 g/mol. The van der Waals surface area contributed by atoms with Gasteiger partial charge in [0.2, 0.25) is 0 Å². The summed E-state index contributed by atoms with van der Waals surface area (Å²) in [4.78, 5) is 4.74. The Labute approximate surface area is 121 Å². The SMILES string of the molecule is Cc1ccc(C(N)CCN2CCC(N(C)C)C2)cc1F. The number of likely N-dealkylation sites (N-methyl/N-ethyl adjacent to an activating group) is 1. The second-order valence-corrected chi connectivity index (χ2v) is 6.11. The zero-order valence-corrected chi connectivity index (χ0v) is 12.8. The average Bonchev–Trinajstić information content (AvgIpc) is 2.88. The van der Waals surface area contributed by atoms with E-state index in [0.29, 0.717) is 11.6 Å². The number of nitrogens with zero attached hydrogens (tertiary/aromatic N) is 2. The van der Waals surface area contributed by atoms with Gasteiger partial charge < -0.3 is 15.5 Å². The molecule has 112 valence electrons. The highest BCUT2D eigenvalue weighted by molar-refractivity contribution is 5.25. The van der Waals surface area contributed by atoms with Crippen molar-refractivity contribution in [3.8, 4) is 0 Å². The molecule has 4 heteroatoms. The zero-order chi connectivity index (χ0) is 14.7. The molecule has 0 aromatic heterocycles. The predicted octanol–water partition coefficient (Wildman–Crippen LogP) is 2.16. The topological polar surface area (TPSA) is 32.5 Å². The lowest BCUT2D eigenvalue weighted by Crippen LogP contribution is -2.32. The summed E-state index contributed by atoms with van der Waals surface area (Å²) >= 11 is 0. The van der Waals surface area contributed by atoms with E-state index in [1.807, 2.05) is 12.1 Å². The number of rotatable bonds is 5. The fraction of sp³-hybridized carbons (Fsp3) is 0.625. The van der Waals surface area contributed by atoms with Gasteiger partial charge >= 0.3 is 0 Å². The molecule has 2 atom stereocenters. The van der Waals surface area contributed by atoms with Crippen LogP contribution in [0.25, 0.3) is 0 Å². The van der Waals surface area contributed by atoms with Crippen LogP contribution in [0.15, 0.2) is 18.2 Å². The van der Waals surface area contributed by atoms with Crippen molar-refractivity contribution in [3.05, 3.63) is 35.1 Å². The van der Waals surface area contributed by atoms with E-state index in [-0.39, 0.29) is 11.9 Å². The Morgan fingerprint density at radius 2 is 2.20 bits per heavy atom. The molecule has 0 radical (unpaired) electrons. The lowest BCUT2D eigenvalue weighted by Gasteiger charge is -2.21. The molecule has 1 aromatic rings. The smallest absolute Gasteiger partial charge is 0.126 e. The van der Waals surface area contributed by atoms with Crippen molar-refractivity contribution in [1.29, 1.82) is 0 Å². The Morgan fingerprint density at radius 3 is 2.80 bits per heavy atom. The van der Waals surface area contributed by atoms with E-state index in [2.05, 4.69) is 23.9 Å². The van der Waals surface area contributed by atoms with Crippen molar-refractivity contribution in [3.63, 3.8) is 0 Å². The summed E-state index contributed by atoms with van der Waals surface area (Å²) in [5.41, 5.74) is 7.76.